The molecule has 0 aromatic rings. The van der Waals surface area contributed by atoms with E-state index in [9.17, 15) is 0 Å². The summed E-state index contributed by atoms with van der Waals surface area (Å²) in [4.78, 5) is 5.29. The van der Waals surface area contributed by atoms with Crippen molar-refractivity contribution in [1.82, 2.24) is 15.1 Å². The maximum atomic E-state index is 3.72. The van der Waals surface area contributed by atoms with E-state index in [2.05, 4.69) is 36.0 Å². The minimum absolute atomic E-state index is 0.729. The van der Waals surface area contributed by atoms with Crippen molar-refractivity contribution in [2.45, 2.75) is 64.1 Å². The van der Waals surface area contributed by atoms with Gasteiger partial charge in [0, 0.05) is 24.7 Å². The Hall–Kier alpha value is -0.120. The molecule has 2 fully saturated rings. The molecule has 2 heterocycles. The highest BCUT2D eigenvalue weighted by atomic mass is 15.2. The van der Waals surface area contributed by atoms with E-state index in [0.717, 1.165) is 18.1 Å². The normalized spacial score (nSPS) is 36.5. The molecule has 1 N–H and O–H groups in total. The molecule has 3 unspecified atom stereocenters. The zero-order valence-corrected chi connectivity index (χ0v) is 12.5. The highest BCUT2D eigenvalue weighted by Crippen LogP contribution is 2.22. The molecule has 3 heteroatoms. The minimum Gasteiger partial charge on any atom is -0.313 e. The molecule has 0 saturated carbocycles. The lowest BCUT2D eigenvalue weighted by Gasteiger charge is -2.41. The number of hydrogen-bond acceptors (Lipinski definition) is 3. The van der Waals surface area contributed by atoms with Crippen molar-refractivity contribution in [1.29, 1.82) is 0 Å². The van der Waals surface area contributed by atoms with Crippen LogP contribution in [0.25, 0.3) is 0 Å². The molecular weight excluding hydrogens is 222 g/mol. The molecule has 3 atom stereocenters. The molecule has 0 spiro atoms. The van der Waals surface area contributed by atoms with E-state index >= 15 is 0 Å². The van der Waals surface area contributed by atoms with Crippen LogP contribution in [-0.4, -0.2) is 61.2 Å². The lowest BCUT2D eigenvalue weighted by atomic mass is 9.96. The summed E-state index contributed by atoms with van der Waals surface area (Å²) >= 11 is 0. The van der Waals surface area contributed by atoms with Crippen molar-refractivity contribution < 1.29 is 0 Å². The quantitative estimate of drug-likeness (QED) is 0.829. The van der Waals surface area contributed by atoms with Gasteiger partial charge in [0.2, 0.25) is 0 Å². The summed E-state index contributed by atoms with van der Waals surface area (Å²) in [7, 11) is 2.27. The van der Waals surface area contributed by atoms with Gasteiger partial charge in [0.25, 0.3) is 0 Å². The van der Waals surface area contributed by atoms with Crippen LogP contribution in [0.15, 0.2) is 0 Å². The van der Waals surface area contributed by atoms with Crippen LogP contribution in [0.1, 0.15) is 46.0 Å². The van der Waals surface area contributed by atoms with Gasteiger partial charge in [0.1, 0.15) is 0 Å². The van der Waals surface area contributed by atoms with Crippen molar-refractivity contribution in [2.75, 3.05) is 33.2 Å². The molecule has 0 bridgehead atoms. The molecule has 0 amide bonds. The predicted molar refractivity (Wildman–Crippen MR) is 78.0 cm³/mol. The van der Waals surface area contributed by atoms with Crippen molar-refractivity contribution in [3.63, 3.8) is 0 Å². The van der Waals surface area contributed by atoms with Crippen molar-refractivity contribution in [2.24, 2.45) is 0 Å². The Morgan fingerprint density at radius 2 is 2.11 bits per heavy atom. The van der Waals surface area contributed by atoms with Gasteiger partial charge in [-0.05, 0) is 59.3 Å². The Balaban J connectivity index is 1.90. The molecule has 0 aromatic heterocycles. The van der Waals surface area contributed by atoms with Crippen molar-refractivity contribution in [3.8, 4) is 0 Å². The molecule has 106 valence electrons. The summed E-state index contributed by atoms with van der Waals surface area (Å²) < 4.78 is 0. The van der Waals surface area contributed by atoms with Gasteiger partial charge in [0.15, 0.2) is 0 Å². The molecule has 2 saturated heterocycles. The summed E-state index contributed by atoms with van der Waals surface area (Å²) in [5.41, 5.74) is 0. The highest BCUT2D eigenvalue weighted by molar-refractivity contribution is 4.87. The number of nitrogens with one attached hydrogen (secondary N) is 1. The molecule has 2 rings (SSSR count). The van der Waals surface area contributed by atoms with E-state index in [4.69, 9.17) is 0 Å². The van der Waals surface area contributed by atoms with E-state index in [1.54, 1.807) is 0 Å². The average molecular weight is 253 g/mol. The van der Waals surface area contributed by atoms with Crippen LogP contribution in [0.5, 0.6) is 0 Å². The largest absolute Gasteiger partial charge is 0.313 e. The second kappa shape index (κ2) is 6.88. The lowest BCUT2D eigenvalue weighted by molar-refractivity contribution is 0.0860. The van der Waals surface area contributed by atoms with E-state index in [0.29, 0.717) is 0 Å². The highest BCUT2D eigenvalue weighted by Gasteiger charge is 2.29. The Bertz CT molecular complexity index is 244. The number of nitrogens with zero attached hydrogens (tertiary/aromatic N) is 2. The van der Waals surface area contributed by atoms with Crippen LogP contribution >= 0.6 is 0 Å². The van der Waals surface area contributed by atoms with Crippen LogP contribution in [0.4, 0.5) is 0 Å². The van der Waals surface area contributed by atoms with Crippen LogP contribution in [0.2, 0.25) is 0 Å². The standard InChI is InChI=1S/C15H31N3/c1-4-6-14-12-18(9-5-8-16-14)15-7-10-17(3)13(2)11-15/h13-16H,4-12H2,1-3H3. The molecule has 2 aliphatic heterocycles. The molecule has 0 aliphatic carbocycles. The Labute approximate surface area is 113 Å². The smallest absolute Gasteiger partial charge is 0.0195 e. The zero-order chi connectivity index (χ0) is 13.0. The average Bonchev–Trinajstić information content (AvgIpc) is 2.59. The lowest BCUT2D eigenvalue weighted by Crippen LogP contribution is -2.50. The summed E-state index contributed by atoms with van der Waals surface area (Å²) in [6.07, 6.45) is 6.67. The van der Waals surface area contributed by atoms with Gasteiger partial charge in [-0.15, -0.1) is 0 Å². The summed E-state index contributed by atoms with van der Waals surface area (Å²) in [5, 5.41) is 3.72. The van der Waals surface area contributed by atoms with Crippen molar-refractivity contribution >= 4 is 0 Å². The first-order chi connectivity index (χ1) is 8.70. The van der Waals surface area contributed by atoms with Crippen LogP contribution in [0, 0.1) is 0 Å². The first kappa shape index (κ1) is 14.3. The van der Waals surface area contributed by atoms with E-state index in [1.807, 2.05) is 0 Å². The van der Waals surface area contributed by atoms with Gasteiger partial charge in [0.05, 0.1) is 0 Å². The van der Waals surface area contributed by atoms with Crippen LogP contribution < -0.4 is 5.32 Å². The fourth-order valence-electron chi connectivity index (χ4n) is 3.50. The second-order valence-electron chi connectivity index (χ2n) is 6.30. The van der Waals surface area contributed by atoms with E-state index in [1.165, 1.54) is 58.3 Å². The van der Waals surface area contributed by atoms with Crippen LogP contribution in [0.3, 0.4) is 0 Å². The number of piperidine rings is 1. The van der Waals surface area contributed by atoms with Gasteiger partial charge >= 0.3 is 0 Å². The predicted octanol–water partition coefficient (Wildman–Crippen LogP) is 1.93. The number of hydrogen-bond donors (Lipinski definition) is 1. The Morgan fingerprint density at radius 3 is 2.83 bits per heavy atom. The molecule has 0 aromatic carbocycles. The third-order valence-corrected chi connectivity index (χ3v) is 4.84. The molecule has 0 radical (unpaired) electrons. The fraction of sp³-hybridized carbons (Fsp3) is 1.00. The third kappa shape index (κ3) is 3.69. The van der Waals surface area contributed by atoms with E-state index in [-0.39, 0.29) is 0 Å². The maximum Gasteiger partial charge on any atom is 0.0195 e. The minimum atomic E-state index is 0.729. The SMILES string of the molecule is CCCC1CN(C2CCN(C)C(C)C2)CCCN1. The Kier molecular flexibility index (Phi) is 5.46. The molecule has 2 aliphatic rings. The van der Waals surface area contributed by atoms with Gasteiger partial charge in [-0.2, -0.15) is 0 Å². The zero-order valence-electron chi connectivity index (χ0n) is 12.5. The number of likely N-dealkylation sites (tertiary alicyclic amines) is 1. The van der Waals surface area contributed by atoms with Crippen molar-refractivity contribution in [3.05, 3.63) is 0 Å². The fourth-order valence-corrected chi connectivity index (χ4v) is 3.50. The Morgan fingerprint density at radius 1 is 1.28 bits per heavy atom. The monoisotopic (exact) mass is 253 g/mol. The van der Waals surface area contributed by atoms with Gasteiger partial charge < -0.3 is 10.2 Å². The van der Waals surface area contributed by atoms with Gasteiger partial charge in [-0.25, -0.2) is 0 Å². The molecule has 3 nitrogen and oxygen atoms in total. The first-order valence-corrected chi connectivity index (χ1v) is 7.88. The topological polar surface area (TPSA) is 18.5 Å². The molecular formula is C15H31N3. The summed E-state index contributed by atoms with van der Waals surface area (Å²) in [6.45, 7) is 9.74. The second-order valence-corrected chi connectivity index (χ2v) is 6.30. The van der Waals surface area contributed by atoms with Crippen LogP contribution in [-0.2, 0) is 0 Å². The molecule has 18 heavy (non-hydrogen) atoms. The third-order valence-electron chi connectivity index (χ3n) is 4.84. The first-order valence-electron chi connectivity index (χ1n) is 7.88. The van der Waals surface area contributed by atoms with E-state index < -0.39 is 0 Å². The van der Waals surface area contributed by atoms with Gasteiger partial charge in [-0.3, -0.25) is 4.90 Å². The summed E-state index contributed by atoms with van der Waals surface area (Å²) in [5.74, 6) is 0. The van der Waals surface area contributed by atoms with Gasteiger partial charge in [-0.1, -0.05) is 13.3 Å². The maximum absolute atomic E-state index is 3.72. The summed E-state index contributed by atoms with van der Waals surface area (Å²) in [6, 6.07) is 2.31. The number of rotatable bonds is 3.